The quantitative estimate of drug-likeness (QED) is 0.326. The first kappa shape index (κ1) is 21.7. The zero-order chi connectivity index (χ0) is 22.9. The lowest BCUT2D eigenvalue weighted by atomic mass is 9.81. The molecule has 1 aliphatic heterocycles. The van der Waals surface area contributed by atoms with Gasteiger partial charge in [0.1, 0.15) is 6.10 Å². The summed E-state index contributed by atoms with van der Waals surface area (Å²) in [5.41, 5.74) is 7.29. The molecule has 0 aromatic heterocycles. The van der Waals surface area contributed by atoms with Gasteiger partial charge >= 0.3 is 0 Å². The average Bonchev–Trinajstić information content (AvgIpc) is 3.06. The maximum atomic E-state index is 11.2. The lowest BCUT2D eigenvalue weighted by Gasteiger charge is -2.22. The summed E-state index contributed by atoms with van der Waals surface area (Å²) >= 11 is 0. The van der Waals surface area contributed by atoms with Crippen LogP contribution in [-0.4, -0.2) is 10.5 Å². The van der Waals surface area contributed by atoms with E-state index in [1.54, 1.807) is 24.3 Å². The van der Waals surface area contributed by atoms with E-state index in [9.17, 15) is 10.1 Å². The van der Waals surface area contributed by atoms with Crippen LogP contribution in [0, 0.1) is 10.1 Å². The van der Waals surface area contributed by atoms with Crippen LogP contribution in [-0.2, 0) is 4.74 Å². The molecule has 0 amide bonds. The predicted octanol–water partition coefficient (Wildman–Crippen LogP) is 7.28. The summed E-state index contributed by atoms with van der Waals surface area (Å²) in [6, 6.07) is 27.4. The van der Waals surface area contributed by atoms with Gasteiger partial charge in [0.25, 0.3) is 5.69 Å². The van der Waals surface area contributed by atoms with E-state index in [-0.39, 0.29) is 16.7 Å². The number of hydrogen-bond acceptors (Lipinski definition) is 3. The molecule has 3 aromatic carbocycles. The van der Waals surface area contributed by atoms with E-state index >= 15 is 0 Å². The Morgan fingerprint density at radius 2 is 1.34 bits per heavy atom. The van der Waals surface area contributed by atoms with E-state index in [0.29, 0.717) is 0 Å². The SMILES string of the molecule is CC(C)=C1C(=C(c2ccccc2)c2ccccc2)C(c2ccc([N+](=O)[O-])cc2)OC1(C)C. The van der Waals surface area contributed by atoms with Crippen molar-refractivity contribution >= 4 is 11.3 Å². The molecule has 1 aliphatic rings. The summed E-state index contributed by atoms with van der Waals surface area (Å²) < 4.78 is 6.66. The third kappa shape index (κ3) is 4.02. The first-order valence-electron chi connectivity index (χ1n) is 10.7. The normalized spacial score (nSPS) is 17.3. The van der Waals surface area contributed by atoms with Crippen LogP contribution in [0.3, 0.4) is 0 Å². The topological polar surface area (TPSA) is 52.4 Å². The number of hydrogen-bond donors (Lipinski definition) is 0. The van der Waals surface area contributed by atoms with Gasteiger partial charge in [0.15, 0.2) is 0 Å². The van der Waals surface area contributed by atoms with Crippen LogP contribution in [0.5, 0.6) is 0 Å². The summed E-state index contributed by atoms with van der Waals surface area (Å²) in [6.07, 6.45) is -0.342. The number of rotatable bonds is 4. The number of benzene rings is 3. The molecule has 4 nitrogen and oxygen atoms in total. The molecule has 1 unspecified atom stereocenters. The van der Waals surface area contributed by atoms with Crippen LogP contribution in [0.25, 0.3) is 5.57 Å². The minimum absolute atomic E-state index is 0.0744. The summed E-state index contributed by atoms with van der Waals surface area (Å²) in [5, 5.41) is 11.2. The monoisotopic (exact) mass is 425 g/mol. The zero-order valence-corrected chi connectivity index (χ0v) is 18.8. The third-order valence-electron chi connectivity index (χ3n) is 5.85. The van der Waals surface area contributed by atoms with Crippen molar-refractivity contribution in [2.75, 3.05) is 0 Å². The van der Waals surface area contributed by atoms with Gasteiger partial charge in [-0.05, 0) is 73.2 Å². The number of nitro groups is 1. The van der Waals surface area contributed by atoms with Crippen molar-refractivity contribution in [1.29, 1.82) is 0 Å². The van der Waals surface area contributed by atoms with Crippen molar-refractivity contribution in [3.05, 3.63) is 128 Å². The molecule has 1 saturated heterocycles. The summed E-state index contributed by atoms with van der Waals surface area (Å²) in [5.74, 6) is 0. The largest absolute Gasteiger partial charge is 0.358 e. The van der Waals surface area contributed by atoms with E-state index < -0.39 is 5.60 Å². The third-order valence-corrected chi connectivity index (χ3v) is 5.85. The van der Waals surface area contributed by atoms with E-state index in [1.165, 1.54) is 11.1 Å². The predicted molar refractivity (Wildman–Crippen MR) is 128 cm³/mol. The van der Waals surface area contributed by atoms with Crippen LogP contribution < -0.4 is 0 Å². The van der Waals surface area contributed by atoms with Crippen LogP contribution in [0.15, 0.2) is 102 Å². The van der Waals surface area contributed by atoms with Gasteiger partial charge in [-0.1, -0.05) is 66.2 Å². The Balaban J connectivity index is 2.04. The van der Waals surface area contributed by atoms with Gasteiger partial charge in [-0.25, -0.2) is 0 Å². The highest BCUT2D eigenvalue weighted by Crippen LogP contribution is 2.52. The Hall–Kier alpha value is -3.50. The zero-order valence-electron chi connectivity index (χ0n) is 18.8. The average molecular weight is 426 g/mol. The molecule has 162 valence electrons. The number of nitro benzene ring substituents is 1. The Morgan fingerprint density at radius 3 is 1.78 bits per heavy atom. The Kier molecular flexibility index (Phi) is 5.81. The van der Waals surface area contributed by atoms with E-state index in [1.807, 2.05) is 36.4 Å². The Bertz CT molecular complexity index is 1140. The number of ether oxygens (including phenoxy) is 1. The summed E-state index contributed by atoms with van der Waals surface area (Å²) in [6.45, 7) is 8.42. The Morgan fingerprint density at radius 1 is 0.844 bits per heavy atom. The second kappa shape index (κ2) is 8.56. The van der Waals surface area contributed by atoms with Gasteiger partial charge in [0, 0.05) is 12.1 Å². The fourth-order valence-corrected chi connectivity index (χ4v) is 4.69. The highest BCUT2D eigenvalue weighted by molar-refractivity contribution is 5.86. The number of nitrogens with zero attached hydrogens (tertiary/aromatic N) is 1. The standard InChI is InChI=1S/C28H27NO3/c1-19(2)26-25(24(20-11-7-5-8-12-20)21-13-9-6-10-14-21)27(32-28(26,3)4)22-15-17-23(18-16-22)29(30)31/h5-18,27H,1-4H3. The molecule has 0 N–H and O–H groups in total. The van der Waals surface area contributed by atoms with Crippen molar-refractivity contribution in [3.63, 3.8) is 0 Å². The molecule has 1 atom stereocenters. The lowest BCUT2D eigenvalue weighted by Crippen LogP contribution is -2.21. The minimum atomic E-state index is -0.505. The number of non-ortho nitro benzene ring substituents is 1. The highest BCUT2D eigenvalue weighted by Gasteiger charge is 2.44. The first-order chi connectivity index (χ1) is 15.3. The van der Waals surface area contributed by atoms with Gasteiger partial charge in [-0.15, -0.1) is 0 Å². The summed E-state index contributed by atoms with van der Waals surface area (Å²) in [7, 11) is 0. The van der Waals surface area contributed by atoms with Crippen molar-refractivity contribution < 1.29 is 9.66 Å². The first-order valence-corrected chi connectivity index (χ1v) is 10.7. The molecule has 32 heavy (non-hydrogen) atoms. The molecule has 0 bridgehead atoms. The molecule has 0 aliphatic carbocycles. The Labute approximate surface area is 189 Å². The fraction of sp³-hybridized carbons (Fsp3) is 0.214. The second-order valence-corrected chi connectivity index (χ2v) is 8.75. The number of allylic oxidation sites excluding steroid dienone is 1. The minimum Gasteiger partial charge on any atom is -0.358 e. The van der Waals surface area contributed by atoms with Gasteiger partial charge < -0.3 is 4.74 Å². The van der Waals surface area contributed by atoms with Gasteiger partial charge in [-0.3, -0.25) is 10.1 Å². The van der Waals surface area contributed by atoms with Crippen molar-refractivity contribution in [3.8, 4) is 0 Å². The molecular formula is C28H27NO3. The van der Waals surface area contributed by atoms with E-state index in [0.717, 1.165) is 27.8 Å². The van der Waals surface area contributed by atoms with Crippen LogP contribution in [0.4, 0.5) is 5.69 Å². The molecule has 4 rings (SSSR count). The maximum Gasteiger partial charge on any atom is 0.269 e. The van der Waals surface area contributed by atoms with Gasteiger partial charge in [0.2, 0.25) is 0 Å². The molecule has 3 aromatic rings. The van der Waals surface area contributed by atoms with Crippen molar-refractivity contribution in [2.45, 2.75) is 39.4 Å². The molecule has 4 heteroatoms. The molecule has 0 saturated carbocycles. The molecule has 0 spiro atoms. The van der Waals surface area contributed by atoms with Crippen LogP contribution in [0.2, 0.25) is 0 Å². The summed E-state index contributed by atoms with van der Waals surface area (Å²) in [4.78, 5) is 10.8. The maximum absolute atomic E-state index is 11.2. The van der Waals surface area contributed by atoms with E-state index in [4.69, 9.17) is 4.74 Å². The van der Waals surface area contributed by atoms with Crippen molar-refractivity contribution in [2.24, 2.45) is 0 Å². The molecule has 1 heterocycles. The molecule has 1 fully saturated rings. The fourth-order valence-electron chi connectivity index (χ4n) is 4.69. The molecular weight excluding hydrogens is 398 g/mol. The molecule has 0 radical (unpaired) electrons. The van der Waals surface area contributed by atoms with Gasteiger partial charge in [-0.2, -0.15) is 0 Å². The van der Waals surface area contributed by atoms with Gasteiger partial charge in [0.05, 0.1) is 10.5 Å². The highest BCUT2D eigenvalue weighted by atomic mass is 16.6. The smallest absolute Gasteiger partial charge is 0.269 e. The van der Waals surface area contributed by atoms with E-state index in [2.05, 4.69) is 52.0 Å². The second-order valence-electron chi connectivity index (χ2n) is 8.75. The van der Waals surface area contributed by atoms with Crippen LogP contribution >= 0.6 is 0 Å². The van der Waals surface area contributed by atoms with Crippen LogP contribution in [0.1, 0.15) is 50.5 Å². The van der Waals surface area contributed by atoms with Crippen molar-refractivity contribution in [1.82, 2.24) is 0 Å². The lowest BCUT2D eigenvalue weighted by molar-refractivity contribution is -0.384.